The second-order valence-corrected chi connectivity index (χ2v) is 12.4. The minimum absolute atomic E-state index is 0.135. The van der Waals surface area contributed by atoms with Crippen molar-refractivity contribution < 1.29 is 37.7 Å². The SMILES string of the molecule is COc1cc2oc(=O)cc(CSCCC(CCCCC(=O)O)SCc3cc(=O)oc4cc(OC)c(OC)cc34)c2cc1OC. The lowest BCUT2D eigenvalue weighted by Gasteiger charge is -2.17. The Hall–Kier alpha value is -3.77. The highest BCUT2D eigenvalue weighted by Crippen LogP contribution is 2.36. The van der Waals surface area contributed by atoms with Crippen LogP contribution >= 0.6 is 23.5 Å². The van der Waals surface area contributed by atoms with E-state index in [1.165, 1.54) is 26.4 Å². The summed E-state index contributed by atoms with van der Waals surface area (Å²) in [4.78, 5) is 35.7. The molecule has 0 aliphatic heterocycles. The number of benzene rings is 2. The molecule has 236 valence electrons. The van der Waals surface area contributed by atoms with Crippen LogP contribution in [0.4, 0.5) is 0 Å². The summed E-state index contributed by atoms with van der Waals surface area (Å²) in [6.07, 6.45) is 3.21. The summed E-state index contributed by atoms with van der Waals surface area (Å²) in [5.74, 6) is 3.23. The van der Waals surface area contributed by atoms with E-state index in [1.54, 1.807) is 49.9 Å². The number of unbranched alkanes of at least 4 members (excludes halogenated alkanes) is 1. The Bertz CT molecular complexity index is 1710. The number of rotatable bonds is 17. The average molecular weight is 645 g/mol. The van der Waals surface area contributed by atoms with Crippen molar-refractivity contribution in [3.8, 4) is 23.0 Å². The first kappa shape index (κ1) is 33.1. The van der Waals surface area contributed by atoms with Crippen molar-refractivity contribution in [3.63, 3.8) is 0 Å². The van der Waals surface area contributed by atoms with Crippen LogP contribution in [0.15, 0.2) is 54.8 Å². The standard InChI is InChI=1S/C32H36O10S2/c1-37-26-13-22-19(11-31(35)41-24(22)15-28(26)39-3)17-43-10-9-21(7-5-6-8-30(33)34)44-18-20-12-32(36)42-25-16-29(40-4)27(38-2)14-23(20)25/h11-16,21H,5-10,17-18H2,1-4H3,(H,33,34). The molecule has 2 aromatic heterocycles. The Balaban J connectivity index is 1.47. The Kier molecular flexibility index (Phi) is 11.9. The van der Waals surface area contributed by atoms with Crippen LogP contribution in [0, 0.1) is 0 Å². The lowest BCUT2D eigenvalue weighted by Crippen LogP contribution is -2.08. The van der Waals surface area contributed by atoms with Gasteiger partial charge in [0.2, 0.25) is 0 Å². The first-order valence-corrected chi connectivity index (χ1v) is 16.2. The van der Waals surface area contributed by atoms with E-state index in [0.29, 0.717) is 52.1 Å². The number of hydrogen-bond donors (Lipinski definition) is 1. The van der Waals surface area contributed by atoms with Crippen molar-refractivity contribution in [1.29, 1.82) is 0 Å². The summed E-state index contributed by atoms with van der Waals surface area (Å²) >= 11 is 3.44. The van der Waals surface area contributed by atoms with Gasteiger partial charge in [-0.2, -0.15) is 23.5 Å². The molecule has 0 aliphatic carbocycles. The summed E-state index contributed by atoms with van der Waals surface area (Å²) in [5.41, 5.74) is 1.67. The summed E-state index contributed by atoms with van der Waals surface area (Å²) in [6.45, 7) is 0. The molecule has 0 amide bonds. The monoisotopic (exact) mass is 644 g/mol. The minimum Gasteiger partial charge on any atom is -0.493 e. The van der Waals surface area contributed by atoms with Crippen molar-refractivity contribution in [2.75, 3.05) is 34.2 Å². The van der Waals surface area contributed by atoms with Gasteiger partial charge >= 0.3 is 17.2 Å². The molecule has 44 heavy (non-hydrogen) atoms. The van der Waals surface area contributed by atoms with Crippen LogP contribution in [0.2, 0.25) is 0 Å². The van der Waals surface area contributed by atoms with Crippen LogP contribution in [0.5, 0.6) is 23.0 Å². The maximum Gasteiger partial charge on any atom is 0.336 e. The van der Waals surface area contributed by atoms with Crippen LogP contribution in [0.1, 0.15) is 43.2 Å². The van der Waals surface area contributed by atoms with Gasteiger partial charge in [-0.25, -0.2) is 9.59 Å². The maximum atomic E-state index is 12.4. The van der Waals surface area contributed by atoms with E-state index < -0.39 is 17.2 Å². The van der Waals surface area contributed by atoms with E-state index in [-0.39, 0.29) is 11.7 Å². The third-order valence-electron chi connectivity index (χ3n) is 7.15. The lowest BCUT2D eigenvalue weighted by atomic mass is 10.1. The molecule has 0 fully saturated rings. The molecule has 4 aromatic rings. The predicted molar refractivity (Wildman–Crippen MR) is 173 cm³/mol. The number of hydrogen-bond acceptors (Lipinski definition) is 11. The number of fused-ring (bicyclic) bond motifs is 2. The highest BCUT2D eigenvalue weighted by atomic mass is 32.2. The van der Waals surface area contributed by atoms with Gasteiger partial charge in [0.15, 0.2) is 23.0 Å². The third-order valence-corrected chi connectivity index (χ3v) is 9.61. The average Bonchev–Trinajstić information content (AvgIpc) is 3.01. The molecule has 10 nitrogen and oxygen atoms in total. The van der Waals surface area contributed by atoms with E-state index in [0.717, 1.165) is 46.9 Å². The third kappa shape index (κ3) is 8.44. The Labute approximate surface area is 263 Å². The van der Waals surface area contributed by atoms with Gasteiger partial charge in [0.05, 0.1) is 28.4 Å². The highest BCUT2D eigenvalue weighted by Gasteiger charge is 2.17. The second-order valence-electron chi connectivity index (χ2n) is 10.0. The van der Waals surface area contributed by atoms with Crippen LogP contribution in [0.3, 0.4) is 0 Å². The number of aliphatic carboxylic acids is 1. The second kappa shape index (κ2) is 15.8. The normalized spacial score (nSPS) is 11.9. The van der Waals surface area contributed by atoms with Crippen LogP contribution < -0.4 is 30.2 Å². The largest absolute Gasteiger partial charge is 0.493 e. The van der Waals surface area contributed by atoms with Crippen molar-refractivity contribution in [3.05, 3.63) is 68.4 Å². The number of ether oxygens (including phenoxy) is 4. The molecule has 0 radical (unpaired) electrons. The summed E-state index contributed by atoms with van der Waals surface area (Å²) in [7, 11) is 6.17. The Morgan fingerprint density at radius 2 is 1.23 bits per heavy atom. The number of carboxylic acid groups (broad SMARTS) is 1. The van der Waals surface area contributed by atoms with Gasteiger partial charge in [-0.1, -0.05) is 6.42 Å². The fraction of sp³-hybridized carbons (Fsp3) is 0.406. The molecule has 1 N–H and O–H groups in total. The zero-order valence-electron chi connectivity index (χ0n) is 25.1. The van der Waals surface area contributed by atoms with Gasteiger partial charge in [0.1, 0.15) is 11.2 Å². The van der Waals surface area contributed by atoms with Crippen LogP contribution in [-0.4, -0.2) is 50.5 Å². The molecule has 0 saturated heterocycles. The molecule has 0 saturated carbocycles. The molecular formula is C32H36O10S2. The topological polar surface area (TPSA) is 135 Å². The molecular weight excluding hydrogens is 608 g/mol. The zero-order valence-corrected chi connectivity index (χ0v) is 26.8. The molecule has 2 aromatic carbocycles. The first-order valence-electron chi connectivity index (χ1n) is 14.0. The molecule has 0 bridgehead atoms. The minimum atomic E-state index is -0.801. The summed E-state index contributed by atoms with van der Waals surface area (Å²) in [6, 6.07) is 9.97. The smallest absolute Gasteiger partial charge is 0.336 e. The van der Waals surface area contributed by atoms with Gasteiger partial charge in [-0.05, 0) is 48.3 Å². The zero-order chi connectivity index (χ0) is 31.6. The van der Waals surface area contributed by atoms with Gasteiger partial charge in [-0.15, -0.1) is 0 Å². The van der Waals surface area contributed by atoms with Gasteiger partial charge in [-0.3, -0.25) is 4.79 Å². The summed E-state index contributed by atoms with van der Waals surface area (Å²) < 4.78 is 32.5. The lowest BCUT2D eigenvalue weighted by molar-refractivity contribution is -0.137. The fourth-order valence-corrected chi connectivity index (χ4v) is 7.39. The summed E-state index contributed by atoms with van der Waals surface area (Å²) in [5, 5.41) is 10.9. The molecule has 2 heterocycles. The van der Waals surface area contributed by atoms with Gasteiger partial charge in [0.25, 0.3) is 0 Å². The Morgan fingerprint density at radius 3 is 1.73 bits per heavy atom. The molecule has 0 aliphatic rings. The van der Waals surface area contributed by atoms with Crippen LogP contribution in [0.25, 0.3) is 21.9 Å². The van der Waals surface area contributed by atoms with E-state index in [9.17, 15) is 14.4 Å². The van der Waals surface area contributed by atoms with Crippen molar-refractivity contribution in [2.45, 2.75) is 48.9 Å². The van der Waals surface area contributed by atoms with Crippen molar-refractivity contribution >= 4 is 51.4 Å². The maximum absolute atomic E-state index is 12.4. The fourth-order valence-electron chi connectivity index (χ4n) is 4.91. The number of methoxy groups -OCH3 is 4. The molecule has 1 atom stereocenters. The first-order chi connectivity index (χ1) is 21.3. The van der Waals surface area contributed by atoms with E-state index in [2.05, 4.69) is 0 Å². The predicted octanol–water partition coefficient (Wildman–Crippen LogP) is 6.50. The molecule has 4 rings (SSSR count). The molecule has 0 spiro atoms. The van der Waals surface area contributed by atoms with Crippen molar-refractivity contribution in [1.82, 2.24) is 0 Å². The van der Waals surface area contributed by atoms with Gasteiger partial charge < -0.3 is 32.9 Å². The van der Waals surface area contributed by atoms with Crippen LogP contribution in [-0.2, 0) is 16.3 Å². The van der Waals surface area contributed by atoms with Gasteiger partial charge in [0, 0.05) is 58.2 Å². The Morgan fingerprint density at radius 1 is 0.727 bits per heavy atom. The quantitative estimate of drug-likeness (QED) is 0.0992. The number of carbonyl (C=O) groups is 1. The number of thioether (sulfide) groups is 2. The number of carboxylic acids is 1. The molecule has 1 unspecified atom stereocenters. The van der Waals surface area contributed by atoms with E-state index in [4.69, 9.17) is 32.9 Å². The molecule has 12 heteroatoms. The highest BCUT2D eigenvalue weighted by molar-refractivity contribution is 7.99. The van der Waals surface area contributed by atoms with E-state index in [1.807, 2.05) is 12.1 Å². The van der Waals surface area contributed by atoms with Crippen molar-refractivity contribution in [2.24, 2.45) is 0 Å². The van der Waals surface area contributed by atoms with E-state index >= 15 is 0 Å².